The fourth-order valence-corrected chi connectivity index (χ4v) is 1.03. The lowest BCUT2D eigenvalue weighted by atomic mass is 10.4. The van der Waals surface area contributed by atoms with Gasteiger partial charge in [0.25, 0.3) is 0 Å². The molecule has 0 aromatic carbocycles. The minimum atomic E-state index is -0.407. The summed E-state index contributed by atoms with van der Waals surface area (Å²) in [4.78, 5) is 0. The molecule has 1 atom stereocenters. The van der Waals surface area contributed by atoms with Crippen molar-refractivity contribution in [1.82, 2.24) is 10.6 Å². The van der Waals surface area contributed by atoms with Gasteiger partial charge in [0.2, 0.25) is 0 Å². The minimum absolute atomic E-state index is 0.0257. The zero-order chi connectivity index (χ0) is 11.4. The molecule has 0 aliphatic carbocycles. The maximum atomic E-state index is 8.88. The van der Waals surface area contributed by atoms with Gasteiger partial charge in [0.15, 0.2) is 0 Å². The lowest BCUT2D eigenvalue weighted by Gasteiger charge is -2.16. The van der Waals surface area contributed by atoms with E-state index >= 15 is 0 Å². The number of aliphatic hydroxyl groups excluding tert-OH is 3. The minimum Gasteiger partial charge on any atom is -0.395 e. The molecule has 5 N–H and O–H groups in total. The maximum Gasteiger partial charge on any atom is 0.131 e. The van der Waals surface area contributed by atoms with Gasteiger partial charge in [0.05, 0.1) is 19.8 Å². The molecule has 0 amide bonds. The fraction of sp³-hybridized carbons (Fsp3) is 1.00. The van der Waals surface area contributed by atoms with E-state index in [1.165, 1.54) is 0 Å². The second-order valence-corrected chi connectivity index (χ2v) is 3.05. The molecule has 0 spiro atoms. The van der Waals surface area contributed by atoms with Crippen LogP contribution >= 0.6 is 0 Å². The van der Waals surface area contributed by atoms with Crippen molar-refractivity contribution in [2.24, 2.45) is 0 Å². The molecule has 15 heavy (non-hydrogen) atoms. The summed E-state index contributed by atoms with van der Waals surface area (Å²) >= 11 is 0. The van der Waals surface area contributed by atoms with Crippen LogP contribution in [0.5, 0.6) is 0 Å². The smallest absolute Gasteiger partial charge is 0.131 e. The van der Waals surface area contributed by atoms with Crippen LogP contribution in [0.1, 0.15) is 6.42 Å². The van der Waals surface area contributed by atoms with Crippen LogP contribution in [0.15, 0.2) is 0 Å². The third-order valence-corrected chi connectivity index (χ3v) is 1.76. The highest BCUT2D eigenvalue weighted by Crippen LogP contribution is 1.88. The van der Waals surface area contributed by atoms with Gasteiger partial charge < -0.3 is 25.4 Å². The quantitative estimate of drug-likeness (QED) is 0.203. The molecule has 1 unspecified atom stereocenters. The van der Waals surface area contributed by atoms with Crippen LogP contribution in [0.4, 0.5) is 0 Å². The molecule has 0 aromatic rings. The first-order chi connectivity index (χ1) is 7.35. The van der Waals surface area contributed by atoms with Crippen LogP contribution in [0, 0.1) is 0 Å². The standard InChI is InChI=1S/C9H22N2O4/c12-5-3-10-2-1-7-15-9(8-14)11-4-6-13/h9-14H,1-8H2. The Morgan fingerprint density at radius 1 is 1.00 bits per heavy atom. The second-order valence-electron chi connectivity index (χ2n) is 3.05. The van der Waals surface area contributed by atoms with Crippen LogP contribution in [0.3, 0.4) is 0 Å². The van der Waals surface area contributed by atoms with Crippen molar-refractivity contribution < 1.29 is 20.1 Å². The topological polar surface area (TPSA) is 94.0 Å². The van der Waals surface area contributed by atoms with Gasteiger partial charge in [-0.25, -0.2) is 0 Å². The van der Waals surface area contributed by atoms with Gasteiger partial charge in [-0.15, -0.1) is 0 Å². The van der Waals surface area contributed by atoms with E-state index in [9.17, 15) is 0 Å². The predicted molar refractivity (Wildman–Crippen MR) is 56.5 cm³/mol. The molecule has 0 bridgehead atoms. The first-order valence-electron chi connectivity index (χ1n) is 5.23. The van der Waals surface area contributed by atoms with Crippen molar-refractivity contribution in [3.05, 3.63) is 0 Å². The monoisotopic (exact) mass is 222 g/mol. The Kier molecular flexibility index (Phi) is 11.6. The van der Waals surface area contributed by atoms with E-state index in [1.807, 2.05) is 0 Å². The molecule has 92 valence electrons. The van der Waals surface area contributed by atoms with Crippen molar-refractivity contribution in [2.75, 3.05) is 46.1 Å². The molecule has 6 nitrogen and oxygen atoms in total. The van der Waals surface area contributed by atoms with Crippen molar-refractivity contribution in [1.29, 1.82) is 0 Å². The van der Waals surface area contributed by atoms with Crippen molar-refractivity contribution in [3.8, 4) is 0 Å². The van der Waals surface area contributed by atoms with E-state index in [2.05, 4.69) is 10.6 Å². The van der Waals surface area contributed by atoms with Gasteiger partial charge in [-0.05, 0) is 13.0 Å². The molecular weight excluding hydrogens is 200 g/mol. The molecule has 0 rings (SSSR count). The third-order valence-electron chi connectivity index (χ3n) is 1.76. The molecule has 0 aliphatic heterocycles. The molecule has 0 aromatic heterocycles. The Morgan fingerprint density at radius 3 is 2.33 bits per heavy atom. The zero-order valence-electron chi connectivity index (χ0n) is 8.98. The lowest BCUT2D eigenvalue weighted by Crippen LogP contribution is -2.37. The zero-order valence-corrected chi connectivity index (χ0v) is 8.98. The molecular formula is C9H22N2O4. The predicted octanol–water partition coefficient (Wildman–Crippen LogP) is -2.12. The molecule has 0 aliphatic rings. The normalized spacial score (nSPS) is 13.0. The summed E-state index contributed by atoms with van der Waals surface area (Å²) in [6.07, 6.45) is 0.409. The molecule has 0 fully saturated rings. The van der Waals surface area contributed by atoms with Crippen molar-refractivity contribution in [3.63, 3.8) is 0 Å². The van der Waals surface area contributed by atoms with E-state index in [0.29, 0.717) is 19.7 Å². The molecule has 0 heterocycles. The number of rotatable bonds is 11. The maximum absolute atomic E-state index is 8.88. The van der Waals surface area contributed by atoms with E-state index in [-0.39, 0.29) is 19.8 Å². The summed E-state index contributed by atoms with van der Waals surface area (Å²) in [7, 11) is 0. The van der Waals surface area contributed by atoms with Crippen molar-refractivity contribution >= 4 is 0 Å². The van der Waals surface area contributed by atoms with E-state index in [4.69, 9.17) is 20.1 Å². The Balaban J connectivity index is 3.22. The summed E-state index contributed by atoms with van der Waals surface area (Å²) in [6.45, 7) is 2.36. The second kappa shape index (κ2) is 11.8. The third kappa shape index (κ3) is 10.1. The van der Waals surface area contributed by atoms with Crippen molar-refractivity contribution in [2.45, 2.75) is 12.6 Å². The summed E-state index contributed by atoms with van der Waals surface area (Å²) in [5.74, 6) is 0. The van der Waals surface area contributed by atoms with E-state index < -0.39 is 6.23 Å². The summed E-state index contributed by atoms with van der Waals surface area (Å²) in [5.41, 5.74) is 0. The highest BCUT2D eigenvalue weighted by atomic mass is 16.5. The number of hydrogen-bond acceptors (Lipinski definition) is 6. The summed E-state index contributed by atoms with van der Waals surface area (Å²) in [6, 6.07) is 0. The Labute approximate surface area is 90.3 Å². The molecule has 0 saturated carbocycles. The van der Waals surface area contributed by atoms with Gasteiger partial charge in [0.1, 0.15) is 6.23 Å². The van der Waals surface area contributed by atoms with Crippen LogP contribution in [-0.4, -0.2) is 67.6 Å². The number of hydrogen-bond donors (Lipinski definition) is 5. The highest BCUT2D eigenvalue weighted by molar-refractivity contribution is 4.53. The van der Waals surface area contributed by atoms with Gasteiger partial charge in [-0.2, -0.15) is 0 Å². The van der Waals surface area contributed by atoms with Gasteiger partial charge in [-0.1, -0.05) is 0 Å². The molecule has 0 radical (unpaired) electrons. The largest absolute Gasteiger partial charge is 0.395 e. The van der Waals surface area contributed by atoms with Crippen LogP contribution in [0.2, 0.25) is 0 Å². The van der Waals surface area contributed by atoms with Crippen LogP contribution in [-0.2, 0) is 4.74 Å². The lowest BCUT2D eigenvalue weighted by molar-refractivity contribution is -0.0107. The van der Waals surface area contributed by atoms with E-state index in [0.717, 1.165) is 13.0 Å². The number of aliphatic hydroxyl groups is 3. The average Bonchev–Trinajstić information content (AvgIpc) is 2.27. The van der Waals surface area contributed by atoms with E-state index in [1.54, 1.807) is 0 Å². The Hall–Kier alpha value is -0.240. The van der Waals surface area contributed by atoms with Gasteiger partial charge >= 0.3 is 0 Å². The summed E-state index contributed by atoms with van der Waals surface area (Å²) in [5, 5.41) is 31.8. The fourth-order valence-electron chi connectivity index (χ4n) is 1.03. The first kappa shape index (κ1) is 14.8. The average molecular weight is 222 g/mol. The molecule has 0 saturated heterocycles. The molecule has 6 heteroatoms. The van der Waals surface area contributed by atoms with Gasteiger partial charge in [-0.3, -0.25) is 5.32 Å². The van der Waals surface area contributed by atoms with Crippen LogP contribution < -0.4 is 10.6 Å². The first-order valence-corrected chi connectivity index (χ1v) is 5.23. The van der Waals surface area contributed by atoms with Crippen LogP contribution in [0.25, 0.3) is 0 Å². The Morgan fingerprint density at radius 2 is 1.73 bits per heavy atom. The summed E-state index contributed by atoms with van der Waals surface area (Å²) < 4.78 is 5.30. The number of ether oxygens (including phenoxy) is 1. The number of nitrogens with one attached hydrogen (secondary N) is 2. The van der Waals surface area contributed by atoms with Gasteiger partial charge in [0, 0.05) is 19.7 Å². The Bertz CT molecular complexity index is 127. The highest BCUT2D eigenvalue weighted by Gasteiger charge is 2.04. The SMILES string of the molecule is OCCNCCCOC(CO)NCCO.